The molecule has 2 rings (SSSR count). The Bertz CT molecular complexity index is 644. The molecule has 0 bridgehead atoms. The molecule has 2 aromatic carbocycles. The predicted molar refractivity (Wildman–Crippen MR) is 89.0 cm³/mol. The lowest BCUT2D eigenvalue weighted by molar-refractivity contribution is 0.450. The van der Waals surface area contributed by atoms with Crippen molar-refractivity contribution >= 4 is 15.9 Å². The Morgan fingerprint density at radius 2 is 1.76 bits per heavy atom. The summed E-state index contributed by atoms with van der Waals surface area (Å²) < 4.78 is 19.4. The first-order valence-corrected chi connectivity index (χ1v) is 8.07. The minimum atomic E-state index is -0.253. The maximum Gasteiger partial charge on any atom is 0.131 e. The molecule has 0 spiro atoms. The van der Waals surface area contributed by atoms with Gasteiger partial charge < -0.3 is 4.74 Å². The van der Waals surface area contributed by atoms with E-state index >= 15 is 0 Å². The van der Waals surface area contributed by atoms with Gasteiger partial charge in [-0.15, -0.1) is 0 Å². The van der Waals surface area contributed by atoms with Crippen LogP contribution >= 0.6 is 15.9 Å². The lowest BCUT2D eigenvalue weighted by atomic mass is 9.86. The van der Waals surface area contributed by atoms with E-state index in [0.29, 0.717) is 11.1 Å². The molecule has 0 saturated carbocycles. The minimum absolute atomic E-state index is 0.0162. The van der Waals surface area contributed by atoms with Gasteiger partial charge in [-0.25, -0.2) is 4.39 Å². The summed E-state index contributed by atoms with van der Waals surface area (Å²) >= 11 is 3.38. The maximum absolute atomic E-state index is 13.3. The number of hydrogen-bond donors (Lipinski definition) is 0. The average molecular weight is 351 g/mol. The first-order chi connectivity index (χ1) is 9.81. The Morgan fingerprint density at radius 3 is 2.38 bits per heavy atom. The van der Waals surface area contributed by atoms with Gasteiger partial charge in [0.1, 0.15) is 17.3 Å². The average Bonchev–Trinajstić information content (AvgIpc) is 2.39. The van der Waals surface area contributed by atoms with Gasteiger partial charge in [0.25, 0.3) is 0 Å². The molecular formula is C18H20BrFO. The largest absolute Gasteiger partial charge is 0.457 e. The van der Waals surface area contributed by atoms with Crippen LogP contribution in [0.15, 0.2) is 36.4 Å². The second kappa shape index (κ2) is 6.18. The van der Waals surface area contributed by atoms with E-state index < -0.39 is 0 Å². The zero-order valence-electron chi connectivity index (χ0n) is 12.8. The Balaban J connectivity index is 2.46. The van der Waals surface area contributed by atoms with E-state index in [1.54, 1.807) is 6.07 Å². The molecule has 0 atom stereocenters. The first kappa shape index (κ1) is 16.0. The number of halogens is 2. The van der Waals surface area contributed by atoms with Crippen molar-refractivity contribution in [3.05, 3.63) is 58.9 Å². The lowest BCUT2D eigenvalue weighted by Crippen LogP contribution is -2.12. The van der Waals surface area contributed by atoms with Gasteiger partial charge in [-0.3, -0.25) is 0 Å². The molecule has 0 aliphatic heterocycles. The Kier molecular flexibility index (Phi) is 4.72. The van der Waals surface area contributed by atoms with Crippen LogP contribution in [0.2, 0.25) is 0 Å². The van der Waals surface area contributed by atoms with Crippen LogP contribution in [-0.4, -0.2) is 0 Å². The van der Waals surface area contributed by atoms with Gasteiger partial charge in [-0.05, 0) is 42.2 Å². The van der Waals surface area contributed by atoms with Crippen LogP contribution in [-0.2, 0) is 10.7 Å². The molecule has 112 valence electrons. The van der Waals surface area contributed by atoms with Crippen molar-refractivity contribution in [2.75, 3.05) is 0 Å². The highest BCUT2D eigenvalue weighted by molar-refractivity contribution is 9.08. The van der Waals surface area contributed by atoms with Gasteiger partial charge in [0.05, 0.1) is 0 Å². The summed E-state index contributed by atoms with van der Waals surface area (Å²) in [5.41, 5.74) is 3.06. The van der Waals surface area contributed by atoms with Gasteiger partial charge in [-0.1, -0.05) is 48.8 Å². The van der Waals surface area contributed by atoms with Gasteiger partial charge in [0.2, 0.25) is 0 Å². The molecule has 0 fully saturated rings. The fourth-order valence-electron chi connectivity index (χ4n) is 2.20. The third kappa shape index (κ3) is 3.85. The first-order valence-electron chi connectivity index (χ1n) is 6.94. The monoisotopic (exact) mass is 350 g/mol. The van der Waals surface area contributed by atoms with E-state index in [1.165, 1.54) is 12.1 Å². The van der Waals surface area contributed by atoms with Crippen LogP contribution in [0.1, 0.15) is 37.5 Å². The molecule has 0 heterocycles. The number of ether oxygens (including phenoxy) is 1. The Morgan fingerprint density at radius 1 is 1.05 bits per heavy atom. The third-order valence-electron chi connectivity index (χ3n) is 3.33. The Labute approximate surface area is 134 Å². The van der Waals surface area contributed by atoms with Gasteiger partial charge >= 0.3 is 0 Å². The van der Waals surface area contributed by atoms with E-state index in [0.717, 1.165) is 22.4 Å². The molecule has 3 heteroatoms. The van der Waals surface area contributed by atoms with Crippen molar-refractivity contribution in [1.82, 2.24) is 0 Å². The molecule has 0 amide bonds. The molecule has 1 nitrogen and oxygen atoms in total. The summed E-state index contributed by atoms with van der Waals surface area (Å²) in [5.74, 6) is 1.26. The summed E-state index contributed by atoms with van der Waals surface area (Å²) in [6, 6.07) is 10.8. The number of aryl methyl sites for hydroxylation is 1. The second-order valence-corrected chi connectivity index (χ2v) is 6.80. The SMILES string of the molecule is Cc1ccc(C(C)(C)C)c(Oc2ccc(F)cc2CBr)c1. The van der Waals surface area contributed by atoms with Crippen molar-refractivity contribution in [2.45, 2.75) is 38.4 Å². The molecule has 0 aliphatic rings. The topological polar surface area (TPSA) is 9.23 Å². The van der Waals surface area contributed by atoms with Crippen LogP contribution in [0.4, 0.5) is 4.39 Å². The van der Waals surface area contributed by atoms with Crippen molar-refractivity contribution in [1.29, 1.82) is 0 Å². The zero-order valence-corrected chi connectivity index (χ0v) is 14.4. The fourth-order valence-corrected chi connectivity index (χ4v) is 2.64. The quantitative estimate of drug-likeness (QED) is 0.606. The van der Waals surface area contributed by atoms with Crippen LogP contribution in [0, 0.1) is 12.7 Å². The highest BCUT2D eigenvalue weighted by Gasteiger charge is 2.20. The molecule has 0 saturated heterocycles. The summed E-state index contributed by atoms with van der Waals surface area (Å²) in [6.45, 7) is 8.50. The van der Waals surface area contributed by atoms with E-state index in [9.17, 15) is 4.39 Å². The number of benzene rings is 2. The van der Waals surface area contributed by atoms with Gasteiger partial charge in [0, 0.05) is 16.5 Å². The minimum Gasteiger partial charge on any atom is -0.457 e. The molecule has 0 aromatic heterocycles. The lowest BCUT2D eigenvalue weighted by Gasteiger charge is -2.23. The highest BCUT2D eigenvalue weighted by atomic mass is 79.9. The van der Waals surface area contributed by atoms with Crippen molar-refractivity contribution in [3.63, 3.8) is 0 Å². The normalized spacial score (nSPS) is 11.5. The number of hydrogen-bond acceptors (Lipinski definition) is 1. The molecule has 0 unspecified atom stereocenters. The molecule has 0 radical (unpaired) electrons. The fraction of sp³-hybridized carbons (Fsp3) is 0.333. The molecular weight excluding hydrogens is 331 g/mol. The summed E-state index contributed by atoms with van der Waals surface area (Å²) in [5, 5.41) is 0.552. The number of alkyl halides is 1. The van der Waals surface area contributed by atoms with Gasteiger partial charge in [0.15, 0.2) is 0 Å². The molecule has 21 heavy (non-hydrogen) atoms. The molecule has 2 aromatic rings. The van der Waals surface area contributed by atoms with E-state index in [-0.39, 0.29) is 11.2 Å². The summed E-state index contributed by atoms with van der Waals surface area (Å²) in [7, 11) is 0. The van der Waals surface area contributed by atoms with Crippen LogP contribution in [0.3, 0.4) is 0 Å². The van der Waals surface area contributed by atoms with Crippen LogP contribution < -0.4 is 4.74 Å². The highest BCUT2D eigenvalue weighted by Crippen LogP contribution is 2.36. The smallest absolute Gasteiger partial charge is 0.131 e. The van der Waals surface area contributed by atoms with Crippen molar-refractivity contribution < 1.29 is 9.13 Å². The zero-order chi connectivity index (χ0) is 15.6. The second-order valence-electron chi connectivity index (χ2n) is 6.24. The summed E-state index contributed by atoms with van der Waals surface area (Å²) in [6.07, 6.45) is 0. The van der Waals surface area contributed by atoms with Gasteiger partial charge in [-0.2, -0.15) is 0 Å². The maximum atomic E-state index is 13.3. The van der Waals surface area contributed by atoms with Crippen molar-refractivity contribution in [2.24, 2.45) is 0 Å². The van der Waals surface area contributed by atoms with E-state index in [4.69, 9.17) is 4.74 Å². The standard InChI is InChI=1S/C18H20BrFO/c1-12-5-7-15(18(2,3)4)17(9-12)21-16-8-6-14(20)10-13(16)11-19/h5-10H,11H2,1-4H3. The Hall–Kier alpha value is -1.35. The van der Waals surface area contributed by atoms with Crippen molar-refractivity contribution in [3.8, 4) is 11.5 Å². The molecule has 0 N–H and O–H groups in total. The predicted octanol–water partition coefficient (Wildman–Crippen LogP) is 6.12. The van der Waals surface area contributed by atoms with Crippen LogP contribution in [0.5, 0.6) is 11.5 Å². The van der Waals surface area contributed by atoms with Crippen LogP contribution in [0.25, 0.3) is 0 Å². The third-order valence-corrected chi connectivity index (χ3v) is 3.94. The summed E-state index contributed by atoms with van der Waals surface area (Å²) in [4.78, 5) is 0. The molecule has 0 aliphatic carbocycles. The van der Waals surface area contributed by atoms with E-state index in [2.05, 4.69) is 48.8 Å². The number of rotatable bonds is 3. The van der Waals surface area contributed by atoms with E-state index in [1.807, 2.05) is 13.0 Å².